The quantitative estimate of drug-likeness (QED) is 0.229. The standard InChI is InChI=1S/C20H21ClN6O5/c1-20(2,3)32-19(28)22-6-7-31-16-9-14-13(8-15(16)27(29)30)18(25-11-24-14)26-12-4-5-17(21)23-10-12/h4-5,8-11H,6-7H2,1-3H3,(H,22,28)(H,24,25,26). The van der Waals surface area contributed by atoms with Crippen LogP contribution < -0.4 is 15.4 Å². The molecule has 0 aliphatic carbocycles. The summed E-state index contributed by atoms with van der Waals surface area (Å²) >= 11 is 5.80. The number of nitrogens with one attached hydrogen (secondary N) is 2. The summed E-state index contributed by atoms with van der Waals surface area (Å²) in [6, 6.07) is 6.09. The van der Waals surface area contributed by atoms with Gasteiger partial charge in [0.1, 0.15) is 29.5 Å². The summed E-state index contributed by atoms with van der Waals surface area (Å²) in [6.45, 7) is 5.34. The summed E-state index contributed by atoms with van der Waals surface area (Å²) in [5.74, 6) is 0.381. The number of alkyl carbamates (subject to hydrolysis) is 1. The number of pyridine rings is 1. The average molecular weight is 461 g/mol. The minimum atomic E-state index is -0.629. The van der Waals surface area contributed by atoms with Crippen molar-refractivity contribution in [3.63, 3.8) is 0 Å². The maximum absolute atomic E-state index is 11.7. The lowest BCUT2D eigenvalue weighted by molar-refractivity contribution is -0.385. The van der Waals surface area contributed by atoms with Crippen LogP contribution in [0, 0.1) is 10.1 Å². The van der Waals surface area contributed by atoms with Gasteiger partial charge >= 0.3 is 11.8 Å². The number of nitro groups is 1. The lowest BCUT2D eigenvalue weighted by Crippen LogP contribution is -2.34. The van der Waals surface area contributed by atoms with Crippen molar-refractivity contribution in [2.45, 2.75) is 26.4 Å². The summed E-state index contributed by atoms with van der Waals surface area (Å²) < 4.78 is 10.7. The van der Waals surface area contributed by atoms with Gasteiger partial charge < -0.3 is 20.1 Å². The average Bonchev–Trinajstić information content (AvgIpc) is 2.71. The van der Waals surface area contributed by atoms with Crippen molar-refractivity contribution < 1.29 is 19.2 Å². The van der Waals surface area contributed by atoms with E-state index in [1.54, 1.807) is 32.9 Å². The van der Waals surface area contributed by atoms with Gasteiger partial charge in [-0.2, -0.15) is 0 Å². The van der Waals surface area contributed by atoms with Crippen LogP contribution in [0.1, 0.15) is 20.8 Å². The molecule has 2 N–H and O–H groups in total. The maximum atomic E-state index is 11.7. The van der Waals surface area contributed by atoms with E-state index < -0.39 is 16.6 Å². The molecular formula is C20H21ClN6O5. The van der Waals surface area contributed by atoms with E-state index in [-0.39, 0.29) is 24.6 Å². The van der Waals surface area contributed by atoms with Gasteiger partial charge in [0.2, 0.25) is 0 Å². The fourth-order valence-electron chi connectivity index (χ4n) is 2.65. The number of hydrogen-bond acceptors (Lipinski definition) is 9. The molecule has 2 aromatic heterocycles. The topological polar surface area (TPSA) is 141 Å². The number of aromatic nitrogens is 3. The zero-order valence-electron chi connectivity index (χ0n) is 17.6. The molecule has 0 fully saturated rings. The van der Waals surface area contributed by atoms with Gasteiger partial charge in [0.05, 0.1) is 34.3 Å². The van der Waals surface area contributed by atoms with E-state index in [1.165, 1.54) is 24.7 Å². The number of hydrogen-bond donors (Lipinski definition) is 2. The first-order valence-electron chi connectivity index (χ1n) is 9.54. The van der Waals surface area contributed by atoms with Gasteiger partial charge in [0, 0.05) is 12.1 Å². The lowest BCUT2D eigenvalue weighted by atomic mass is 10.2. The Kier molecular flexibility index (Phi) is 6.89. The second-order valence-corrected chi connectivity index (χ2v) is 7.98. The molecule has 0 saturated carbocycles. The number of ether oxygens (including phenoxy) is 2. The zero-order valence-corrected chi connectivity index (χ0v) is 18.3. The first-order valence-corrected chi connectivity index (χ1v) is 9.91. The van der Waals surface area contributed by atoms with Crippen LogP contribution in [0.15, 0.2) is 36.8 Å². The van der Waals surface area contributed by atoms with E-state index in [2.05, 4.69) is 25.6 Å². The van der Waals surface area contributed by atoms with E-state index in [0.717, 1.165) is 0 Å². The molecule has 0 saturated heterocycles. The number of amides is 1. The van der Waals surface area contributed by atoms with Crippen molar-refractivity contribution in [3.05, 3.63) is 52.1 Å². The Bertz CT molecular complexity index is 1130. The van der Waals surface area contributed by atoms with Crippen LogP contribution in [0.2, 0.25) is 5.15 Å². The van der Waals surface area contributed by atoms with E-state index in [4.69, 9.17) is 21.1 Å². The van der Waals surface area contributed by atoms with Gasteiger partial charge in [-0.05, 0) is 32.9 Å². The van der Waals surface area contributed by atoms with Crippen molar-refractivity contribution in [3.8, 4) is 5.75 Å². The minimum absolute atomic E-state index is 0.00176. The second kappa shape index (κ2) is 9.60. The van der Waals surface area contributed by atoms with Crippen LogP contribution in [-0.4, -0.2) is 44.7 Å². The van der Waals surface area contributed by atoms with Gasteiger partial charge in [-0.1, -0.05) is 11.6 Å². The fraction of sp³-hybridized carbons (Fsp3) is 0.300. The van der Waals surface area contributed by atoms with Crippen molar-refractivity contribution in [1.29, 1.82) is 0 Å². The molecule has 0 bridgehead atoms. The highest BCUT2D eigenvalue weighted by molar-refractivity contribution is 6.29. The number of fused-ring (bicyclic) bond motifs is 1. The first kappa shape index (κ1) is 22.9. The number of benzene rings is 1. The monoisotopic (exact) mass is 460 g/mol. The van der Waals surface area contributed by atoms with Crippen molar-refractivity contribution in [1.82, 2.24) is 20.3 Å². The van der Waals surface area contributed by atoms with Crippen LogP contribution >= 0.6 is 11.6 Å². The summed E-state index contributed by atoms with van der Waals surface area (Å²) in [4.78, 5) is 35.1. The van der Waals surface area contributed by atoms with Crippen LogP contribution in [0.25, 0.3) is 10.9 Å². The Morgan fingerprint density at radius 3 is 2.66 bits per heavy atom. The number of anilines is 2. The molecule has 1 aromatic carbocycles. The molecule has 0 unspecified atom stereocenters. The molecule has 0 aliphatic heterocycles. The van der Waals surface area contributed by atoms with E-state index in [9.17, 15) is 14.9 Å². The molecule has 168 valence electrons. The summed E-state index contributed by atoms with van der Waals surface area (Å²) in [6.07, 6.45) is 2.24. The number of carbonyl (C=O) groups is 1. The third-order valence-electron chi connectivity index (χ3n) is 3.93. The smallest absolute Gasteiger partial charge is 0.407 e. The molecule has 1 amide bonds. The summed E-state index contributed by atoms with van der Waals surface area (Å²) in [5, 5.41) is 18.0. The Labute approximate surface area is 188 Å². The third kappa shape index (κ3) is 6.14. The molecule has 0 radical (unpaired) electrons. The minimum Gasteiger partial charge on any atom is -0.485 e. The summed E-state index contributed by atoms with van der Waals surface area (Å²) in [7, 11) is 0. The number of nitro benzene ring substituents is 1. The van der Waals surface area contributed by atoms with E-state index in [0.29, 0.717) is 27.6 Å². The third-order valence-corrected chi connectivity index (χ3v) is 4.15. The van der Waals surface area contributed by atoms with Crippen molar-refractivity contribution in [2.75, 3.05) is 18.5 Å². The Morgan fingerprint density at radius 2 is 2.00 bits per heavy atom. The first-order chi connectivity index (χ1) is 15.1. The molecule has 2 heterocycles. The number of carbonyl (C=O) groups excluding carboxylic acids is 1. The molecule has 0 aliphatic rings. The van der Waals surface area contributed by atoms with Gasteiger partial charge in [0.15, 0.2) is 5.75 Å². The normalized spacial score (nSPS) is 11.1. The highest BCUT2D eigenvalue weighted by Crippen LogP contribution is 2.34. The number of rotatable bonds is 7. The molecule has 3 aromatic rings. The van der Waals surface area contributed by atoms with Gasteiger partial charge in [-0.3, -0.25) is 10.1 Å². The van der Waals surface area contributed by atoms with Crippen LogP contribution in [0.3, 0.4) is 0 Å². The largest absolute Gasteiger partial charge is 0.485 e. The zero-order chi connectivity index (χ0) is 23.3. The molecule has 11 nitrogen and oxygen atoms in total. The van der Waals surface area contributed by atoms with Crippen LogP contribution in [0.5, 0.6) is 5.75 Å². The number of halogens is 1. The highest BCUT2D eigenvalue weighted by atomic mass is 35.5. The van der Waals surface area contributed by atoms with Crippen LogP contribution in [0.4, 0.5) is 22.0 Å². The van der Waals surface area contributed by atoms with Gasteiger partial charge in [-0.15, -0.1) is 0 Å². The van der Waals surface area contributed by atoms with Crippen molar-refractivity contribution >= 4 is 45.8 Å². The molecular weight excluding hydrogens is 440 g/mol. The maximum Gasteiger partial charge on any atom is 0.407 e. The van der Waals surface area contributed by atoms with Crippen LogP contribution in [-0.2, 0) is 4.74 Å². The molecule has 32 heavy (non-hydrogen) atoms. The molecule has 12 heteroatoms. The van der Waals surface area contributed by atoms with Crippen molar-refractivity contribution in [2.24, 2.45) is 0 Å². The SMILES string of the molecule is CC(C)(C)OC(=O)NCCOc1cc2ncnc(Nc3ccc(Cl)nc3)c2cc1[N+](=O)[O-]. The van der Waals surface area contributed by atoms with E-state index >= 15 is 0 Å². The fourth-order valence-corrected chi connectivity index (χ4v) is 2.76. The summed E-state index contributed by atoms with van der Waals surface area (Å²) in [5.41, 5.74) is 0.146. The molecule has 0 spiro atoms. The Morgan fingerprint density at radius 1 is 1.22 bits per heavy atom. The van der Waals surface area contributed by atoms with Gasteiger partial charge in [-0.25, -0.2) is 19.7 Å². The predicted molar refractivity (Wildman–Crippen MR) is 118 cm³/mol. The highest BCUT2D eigenvalue weighted by Gasteiger charge is 2.20. The Balaban J connectivity index is 1.77. The molecule has 3 rings (SSSR count). The van der Waals surface area contributed by atoms with Gasteiger partial charge in [0.25, 0.3) is 0 Å². The van der Waals surface area contributed by atoms with E-state index in [1.807, 2.05) is 0 Å². The Hall–Kier alpha value is -3.73. The second-order valence-electron chi connectivity index (χ2n) is 7.59. The predicted octanol–water partition coefficient (Wildman–Crippen LogP) is 4.23. The molecule has 0 atom stereocenters. The lowest BCUT2D eigenvalue weighted by Gasteiger charge is -2.19. The number of nitrogens with zero attached hydrogens (tertiary/aromatic N) is 4.